The van der Waals surface area contributed by atoms with Crippen molar-refractivity contribution in [1.29, 1.82) is 0 Å². The molecular weight excluding hydrogens is 250 g/mol. The first-order valence-corrected chi connectivity index (χ1v) is 6.94. The van der Waals surface area contributed by atoms with Crippen LogP contribution in [-0.2, 0) is 24.8 Å². The van der Waals surface area contributed by atoms with Crippen LogP contribution in [0.15, 0.2) is 42.6 Å². The van der Waals surface area contributed by atoms with Gasteiger partial charge < -0.3 is 15.2 Å². The lowest BCUT2D eigenvalue weighted by Gasteiger charge is -2.25. The van der Waals surface area contributed by atoms with E-state index in [1.54, 1.807) is 0 Å². The fourth-order valence-corrected chi connectivity index (χ4v) is 2.63. The first kappa shape index (κ1) is 12.8. The van der Waals surface area contributed by atoms with E-state index in [-0.39, 0.29) is 11.8 Å². The Labute approximate surface area is 118 Å². The number of carbonyl (C=O) groups is 1. The zero-order valence-corrected chi connectivity index (χ0v) is 11.6. The molecule has 0 saturated carbocycles. The maximum Gasteiger partial charge on any atom is 0.225 e. The van der Waals surface area contributed by atoms with Crippen molar-refractivity contribution in [1.82, 2.24) is 9.88 Å². The lowest BCUT2D eigenvalue weighted by molar-refractivity contribution is -0.124. The average Bonchev–Trinajstić information content (AvgIpc) is 2.89. The van der Waals surface area contributed by atoms with Crippen LogP contribution < -0.4 is 10.6 Å². The van der Waals surface area contributed by atoms with Gasteiger partial charge in [0.05, 0.1) is 12.5 Å². The van der Waals surface area contributed by atoms with E-state index in [2.05, 4.69) is 22.8 Å². The van der Waals surface area contributed by atoms with E-state index in [1.165, 1.54) is 5.56 Å². The maximum absolute atomic E-state index is 12.3. The fourth-order valence-electron chi connectivity index (χ4n) is 2.63. The molecule has 1 aliphatic rings. The Morgan fingerprint density at radius 3 is 3.00 bits per heavy atom. The number of nitrogens with one attached hydrogen (secondary N) is 2. The van der Waals surface area contributed by atoms with Crippen LogP contribution in [0.5, 0.6) is 0 Å². The quantitative estimate of drug-likeness (QED) is 0.894. The van der Waals surface area contributed by atoms with E-state index in [4.69, 9.17) is 0 Å². The number of nitrogens with zero attached hydrogens (tertiary/aromatic N) is 1. The zero-order valence-electron chi connectivity index (χ0n) is 11.6. The molecule has 0 fully saturated rings. The molecule has 104 valence electrons. The smallest absolute Gasteiger partial charge is 0.225 e. The highest BCUT2D eigenvalue weighted by atomic mass is 16.1. The van der Waals surface area contributed by atoms with Crippen LogP contribution in [0, 0.1) is 5.92 Å². The maximum atomic E-state index is 12.3. The van der Waals surface area contributed by atoms with Crippen molar-refractivity contribution in [3.63, 3.8) is 0 Å². The van der Waals surface area contributed by atoms with E-state index in [0.29, 0.717) is 13.1 Å². The van der Waals surface area contributed by atoms with E-state index in [1.807, 2.05) is 42.1 Å². The van der Waals surface area contributed by atoms with Crippen molar-refractivity contribution in [2.24, 2.45) is 13.0 Å². The van der Waals surface area contributed by atoms with Gasteiger partial charge in [0, 0.05) is 31.2 Å². The number of hydrogen-bond acceptors (Lipinski definition) is 2. The van der Waals surface area contributed by atoms with Crippen LogP contribution in [0.1, 0.15) is 11.3 Å². The van der Waals surface area contributed by atoms with Gasteiger partial charge in [0.15, 0.2) is 0 Å². The van der Waals surface area contributed by atoms with Gasteiger partial charge in [-0.3, -0.25) is 4.79 Å². The molecule has 1 aromatic heterocycles. The number of carbonyl (C=O) groups excluding carboxylic acids is 1. The molecule has 4 heteroatoms. The summed E-state index contributed by atoms with van der Waals surface area (Å²) >= 11 is 0. The summed E-state index contributed by atoms with van der Waals surface area (Å²) in [4.78, 5) is 12.3. The summed E-state index contributed by atoms with van der Waals surface area (Å²) in [5.41, 5.74) is 3.49. The summed E-state index contributed by atoms with van der Waals surface area (Å²) in [5, 5.41) is 6.36. The number of para-hydroxylation sites is 1. The van der Waals surface area contributed by atoms with Crippen molar-refractivity contribution < 1.29 is 4.79 Å². The molecule has 0 aliphatic carbocycles. The number of aromatic nitrogens is 1. The van der Waals surface area contributed by atoms with Crippen molar-refractivity contribution in [3.8, 4) is 0 Å². The minimum absolute atomic E-state index is 0.00479. The topological polar surface area (TPSA) is 46.1 Å². The summed E-state index contributed by atoms with van der Waals surface area (Å²) < 4.78 is 2.02. The summed E-state index contributed by atoms with van der Waals surface area (Å²) in [6, 6.07) is 12.2. The third kappa shape index (κ3) is 2.54. The second kappa shape index (κ2) is 5.41. The van der Waals surface area contributed by atoms with Gasteiger partial charge in [-0.1, -0.05) is 18.2 Å². The molecule has 0 bridgehead atoms. The molecule has 0 spiro atoms. The molecule has 20 heavy (non-hydrogen) atoms. The molecular formula is C16H19N3O. The minimum atomic E-state index is 0.00479. The Kier molecular flexibility index (Phi) is 3.46. The molecule has 0 saturated heterocycles. The number of anilines is 1. The van der Waals surface area contributed by atoms with E-state index >= 15 is 0 Å². The van der Waals surface area contributed by atoms with Crippen LogP contribution in [0.4, 0.5) is 5.69 Å². The fraction of sp³-hybridized carbons (Fsp3) is 0.312. The SMILES string of the molecule is Cn1cccc1CNC(=O)C1CNc2ccccc2C1. The lowest BCUT2D eigenvalue weighted by Crippen LogP contribution is -2.38. The van der Waals surface area contributed by atoms with Crippen molar-refractivity contribution in [3.05, 3.63) is 53.9 Å². The number of amides is 1. The molecule has 1 unspecified atom stereocenters. The molecule has 3 rings (SSSR count). The van der Waals surface area contributed by atoms with Gasteiger partial charge in [0.25, 0.3) is 0 Å². The molecule has 0 radical (unpaired) electrons. The van der Waals surface area contributed by atoms with Gasteiger partial charge in [-0.25, -0.2) is 0 Å². The van der Waals surface area contributed by atoms with Crippen LogP contribution in [0.2, 0.25) is 0 Å². The second-order valence-corrected chi connectivity index (χ2v) is 5.27. The first-order chi connectivity index (χ1) is 9.74. The van der Waals surface area contributed by atoms with E-state index in [9.17, 15) is 4.79 Å². The summed E-state index contributed by atoms with van der Waals surface area (Å²) in [7, 11) is 1.99. The average molecular weight is 269 g/mol. The predicted octanol–water partition coefficient (Wildman–Crippen LogP) is 1.93. The molecule has 1 aliphatic heterocycles. The molecule has 2 N–H and O–H groups in total. The highest BCUT2D eigenvalue weighted by Crippen LogP contribution is 2.24. The molecule has 2 aromatic rings. The lowest BCUT2D eigenvalue weighted by atomic mass is 9.93. The Hall–Kier alpha value is -2.23. The summed E-state index contributed by atoms with van der Waals surface area (Å²) in [6.45, 7) is 1.29. The van der Waals surface area contributed by atoms with Gasteiger partial charge in [-0.15, -0.1) is 0 Å². The highest BCUT2D eigenvalue weighted by molar-refractivity contribution is 5.80. The third-order valence-electron chi connectivity index (χ3n) is 3.89. The van der Waals surface area contributed by atoms with Gasteiger partial charge in [-0.2, -0.15) is 0 Å². The number of aryl methyl sites for hydroxylation is 1. The minimum Gasteiger partial charge on any atom is -0.384 e. The van der Waals surface area contributed by atoms with Crippen LogP contribution in [-0.4, -0.2) is 17.0 Å². The second-order valence-electron chi connectivity index (χ2n) is 5.27. The molecule has 1 atom stereocenters. The normalized spacial score (nSPS) is 17.1. The predicted molar refractivity (Wildman–Crippen MR) is 79.4 cm³/mol. The molecule has 1 amide bonds. The standard InChI is InChI=1S/C16H19N3O/c1-19-8-4-6-14(19)11-18-16(20)13-9-12-5-2-3-7-15(12)17-10-13/h2-8,13,17H,9-11H2,1H3,(H,18,20). The zero-order chi connectivity index (χ0) is 13.9. The van der Waals surface area contributed by atoms with Crippen LogP contribution >= 0.6 is 0 Å². The monoisotopic (exact) mass is 269 g/mol. The largest absolute Gasteiger partial charge is 0.384 e. The van der Waals surface area contributed by atoms with Crippen LogP contribution in [0.25, 0.3) is 0 Å². The Bertz CT molecular complexity index is 618. The molecule has 2 heterocycles. The van der Waals surface area contributed by atoms with Gasteiger partial charge >= 0.3 is 0 Å². The number of benzene rings is 1. The molecule has 1 aromatic carbocycles. The van der Waals surface area contributed by atoms with Gasteiger partial charge in [0.1, 0.15) is 0 Å². The van der Waals surface area contributed by atoms with Crippen molar-refractivity contribution in [2.75, 3.05) is 11.9 Å². The number of rotatable bonds is 3. The van der Waals surface area contributed by atoms with Crippen LogP contribution in [0.3, 0.4) is 0 Å². The number of fused-ring (bicyclic) bond motifs is 1. The Balaban J connectivity index is 1.60. The van der Waals surface area contributed by atoms with E-state index in [0.717, 1.165) is 17.8 Å². The first-order valence-electron chi connectivity index (χ1n) is 6.94. The van der Waals surface area contributed by atoms with Crippen molar-refractivity contribution in [2.45, 2.75) is 13.0 Å². The summed E-state index contributed by atoms with van der Waals surface area (Å²) in [6.07, 6.45) is 2.79. The number of hydrogen-bond donors (Lipinski definition) is 2. The Morgan fingerprint density at radius 2 is 2.20 bits per heavy atom. The highest BCUT2D eigenvalue weighted by Gasteiger charge is 2.23. The van der Waals surface area contributed by atoms with Crippen molar-refractivity contribution >= 4 is 11.6 Å². The van der Waals surface area contributed by atoms with E-state index < -0.39 is 0 Å². The Morgan fingerprint density at radius 1 is 1.35 bits per heavy atom. The molecule has 4 nitrogen and oxygen atoms in total. The van der Waals surface area contributed by atoms with Gasteiger partial charge in [-0.05, 0) is 30.2 Å². The third-order valence-corrected chi connectivity index (χ3v) is 3.89. The van der Waals surface area contributed by atoms with Gasteiger partial charge in [0.2, 0.25) is 5.91 Å². The summed E-state index contributed by atoms with van der Waals surface area (Å²) in [5.74, 6) is 0.123.